The molecule has 1 aromatic carbocycles. The minimum atomic E-state index is -0.711. The van der Waals surface area contributed by atoms with E-state index in [0.717, 1.165) is 42.3 Å². The number of aryl methyl sites for hydroxylation is 1. The maximum absolute atomic E-state index is 11.7. The quantitative estimate of drug-likeness (QED) is 0.929. The average Bonchev–Trinajstić information content (AvgIpc) is 3.07. The van der Waals surface area contributed by atoms with E-state index in [-0.39, 0.29) is 0 Å². The van der Waals surface area contributed by atoms with Gasteiger partial charge in [-0.3, -0.25) is 9.69 Å². The highest BCUT2D eigenvalue weighted by Gasteiger charge is 2.44. The van der Waals surface area contributed by atoms with Crippen molar-refractivity contribution in [2.24, 2.45) is 7.05 Å². The van der Waals surface area contributed by atoms with Crippen LogP contribution in [0.2, 0.25) is 0 Å². The molecule has 1 fully saturated rings. The molecule has 0 aliphatic heterocycles. The highest BCUT2D eigenvalue weighted by atomic mass is 16.4. The summed E-state index contributed by atoms with van der Waals surface area (Å²) < 4.78 is 1.73. The van der Waals surface area contributed by atoms with E-state index in [1.807, 2.05) is 37.2 Å². The van der Waals surface area contributed by atoms with Crippen LogP contribution >= 0.6 is 0 Å². The van der Waals surface area contributed by atoms with Gasteiger partial charge in [0.15, 0.2) is 0 Å². The second-order valence-electron chi connectivity index (χ2n) is 5.94. The van der Waals surface area contributed by atoms with Crippen LogP contribution in [-0.2, 0) is 18.4 Å². The number of carboxylic acid groups (broad SMARTS) is 1. The topological polar surface area (TPSA) is 71.2 Å². The first-order valence-corrected chi connectivity index (χ1v) is 7.26. The zero-order chi connectivity index (χ0) is 15.0. The van der Waals surface area contributed by atoms with E-state index >= 15 is 0 Å². The number of hydrogen-bond acceptors (Lipinski definition) is 4. The molecular formula is C15H20N4O2. The summed E-state index contributed by atoms with van der Waals surface area (Å²) in [5.74, 6) is -0.705. The molecular weight excluding hydrogens is 268 g/mol. The monoisotopic (exact) mass is 288 g/mol. The molecule has 6 nitrogen and oxygen atoms in total. The smallest absolute Gasteiger partial charge is 0.324 e. The summed E-state index contributed by atoms with van der Waals surface area (Å²) in [4.78, 5) is 13.7. The Bertz CT molecular complexity index is 673. The third-order valence-corrected chi connectivity index (χ3v) is 4.65. The van der Waals surface area contributed by atoms with Gasteiger partial charge >= 0.3 is 5.97 Å². The molecule has 0 bridgehead atoms. The van der Waals surface area contributed by atoms with Crippen molar-refractivity contribution in [1.82, 2.24) is 19.9 Å². The van der Waals surface area contributed by atoms with Crippen LogP contribution < -0.4 is 0 Å². The number of aromatic nitrogens is 3. The molecule has 0 saturated heterocycles. The van der Waals surface area contributed by atoms with Gasteiger partial charge in [-0.1, -0.05) is 24.1 Å². The Morgan fingerprint density at radius 1 is 1.43 bits per heavy atom. The van der Waals surface area contributed by atoms with E-state index in [0.29, 0.717) is 6.54 Å². The molecule has 3 rings (SSSR count). The van der Waals surface area contributed by atoms with Gasteiger partial charge < -0.3 is 5.11 Å². The van der Waals surface area contributed by atoms with Crippen LogP contribution in [0.25, 0.3) is 11.0 Å². The summed E-state index contributed by atoms with van der Waals surface area (Å²) in [7, 11) is 3.76. The minimum Gasteiger partial charge on any atom is -0.480 e. The molecule has 0 radical (unpaired) electrons. The zero-order valence-corrected chi connectivity index (χ0v) is 12.4. The number of hydrogen-bond donors (Lipinski definition) is 1. The summed E-state index contributed by atoms with van der Waals surface area (Å²) in [5, 5.41) is 17.7. The van der Waals surface area contributed by atoms with Crippen LogP contribution in [0.5, 0.6) is 0 Å². The number of likely N-dealkylation sites (N-methyl/N-ethyl adjacent to an activating group) is 1. The number of fused-ring (bicyclic) bond motifs is 1. The lowest BCUT2D eigenvalue weighted by atomic mass is 9.95. The molecule has 1 N–H and O–H groups in total. The lowest BCUT2D eigenvalue weighted by molar-refractivity contribution is -0.150. The Balaban J connectivity index is 1.85. The van der Waals surface area contributed by atoms with Gasteiger partial charge in [-0.05, 0) is 37.6 Å². The van der Waals surface area contributed by atoms with Crippen molar-refractivity contribution >= 4 is 17.0 Å². The summed E-state index contributed by atoms with van der Waals surface area (Å²) >= 11 is 0. The lowest BCUT2D eigenvalue weighted by Gasteiger charge is -2.34. The van der Waals surface area contributed by atoms with Gasteiger partial charge in [0.2, 0.25) is 0 Å². The largest absolute Gasteiger partial charge is 0.480 e. The number of nitrogens with zero attached hydrogens (tertiary/aromatic N) is 4. The predicted molar refractivity (Wildman–Crippen MR) is 78.8 cm³/mol. The summed E-state index contributed by atoms with van der Waals surface area (Å²) in [6, 6.07) is 6.00. The van der Waals surface area contributed by atoms with Crippen molar-refractivity contribution in [3.63, 3.8) is 0 Å². The first-order valence-electron chi connectivity index (χ1n) is 7.26. The molecule has 0 atom stereocenters. The van der Waals surface area contributed by atoms with Crippen LogP contribution in [-0.4, -0.2) is 43.6 Å². The second-order valence-corrected chi connectivity index (χ2v) is 5.94. The van der Waals surface area contributed by atoms with Crippen LogP contribution in [0.1, 0.15) is 31.2 Å². The third-order valence-electron chi connectivity index (χ3n) is 4.65. The highest BCUT2D eigenvalue weighted by molar-refractivity contribution is 5.79. The van der Waals surface area contributed by atoms with Crippen LogP contribution in [0.3, 0.4) is 0 Å². The number of carboxylic acids is 1. The predicted octanol–water partition coefficient (Wildman–Crippen LogP) is 1.80. The van der Waals surface area contributed by atoms with Crippen molar-refractivity contribution in [2.75, 3.05) is 7.05 Å². The third kappa shape index (κ3) is 2.29. The first-order chi connectivity index (χ1) is 10.0. The van der Waals surface area contributed by atoms with Crippen molar-refractivity contribution in [3.8, 4) is 0 Å². The van der Waals surface area contributed by atoms with Gasteiger partial charge in [-0.2, -0.15) is 0 Å². The Morgan fingerprint density at radius 2 is 2.14 bits per heavy atom. The van der Waals surface area contributed by atoms with Gasteiger partial charge in [0.25, 0.3) is 0 Å². The van der Waals surface area contributed by atoms with Crippen molar-refractivity contribution in [2.45, 2.75) is 37.8 Å². The normalized spacial score (nSPS) is 17.7. The van der Waals surface area contributed by atoms with E-state index in [4.69, 9.17) is 0 Å². The SMILES string of the molecule is CN(Cc1ccc2c(c1)nnn2C)C1(C(=O)O)CCCC1. The molecule has 1 heterocycles. The summed E-state index contributed by atoms with van der Waals surface area (Å²) in [6.45, 7) is 0.610. The Labute approximate surface area is 123 Å². The van der Waals surface area contributed by atoms with E-state index in [2.05, 4.69) is 10.3 Å². The molecule has 0 amide bonds. The second kappa shape index (κ2) is 5.11. The maximum atomic E-state index is 11.7. The van der Waals surface area contributed by atoms with Gasteiger partial charge in [0.05, 0.1) is 5.52 Å². The fraction of sp³-hybridized carbons (Fsp3) is 0.533. The molecule has 21 heavy (non-hydrogen) atoms. The minimum absolute atomic E-state index is 0.610. The Morgan fingerprint density at radius 3 is 2.81 bits per heavy atom. The number of benzene rings is 1. The van der Waals surface area contributed by atoms with Crippen molar-refractivity contribution in [1.29, 1.82) is 0 Å². The van der Waals surface area contributed by atoms with Crippen LogP contribution in [0, 0.1) is 0 Å². The van der Waals surface area contributed by atoms with Gasteiger partial charge in [0.1, 0.15) is 11.1 Å². The van der Waals surface area contributed by atoms with Gasteiger partial charge in [-0.15, -0.1) is 5.10 Å². The van der Waals surface area contributed by atoms with Crippen molar-refractivity contribution < 1.29 is 9.90 Å². The number of rotatable bonds is 4. The molecule has 1 aliphatic carbocycles. The Hall–Kier alpha value is -1.95. The standard InChI is InChI=1S/C15H20N4O2/c1-18(15(14(20)21)7-3-4-8-15)10-11-5-6-13-12(9-11)16-17-19(13)2/h5-6,9H,3-4,7-8,10H2,1-2H3,(H,20,21). The average molecular weight is 288 g/mol. The molecule has 6 heteroatoms. The van der Waals surface area contributed by atoms with E-state index in [1.54, 1.807) is 4.68 Å². The molecule has 1 aromatic heterocycles. The fourth-order valence-corrected chi connectivity index (χ4v) is 3.33. The van der Waals surface area contributed by atoms with Gasteiger partial charge in [0, 0.05) is 13.6 Å². The van der Waals surface area contributed by atoms with Crippen molar-refractivity contribution in [3.05, 3.63) is 23.8 Å². The molecule has 1 saturated carbocycles. The molecule has 0 spiro atoms. The number of aliphatic carboxylic acids is 1. The zero-order valence-electron chi connectivity index (χ0n) is 12.4. The fourth-order valence-electron chi connectivity index (χ4n) is 3.33. The molecule has 1 aliphatic rings. The molecule has 2 aromatic rings. The maximum Gasteiger partial charge on any atom is 0.324 e. The van der Waals surface area contributed by atoms with E-state index in [1.165, 1.54) is 0 Å². The molecule has 0 unspecified atom stereocenters. The summed E-state index contributed by atoms with van der Waals surface area (Å²) in [5.41, 5.74) is 2.18. The first kappa shape index (κ1) is 14.0. The summed E-state index contributed by atoms with van der Waals surface area (Å²) in [6.07, 6.45) is 3.43. The van der Waals surface area contributed by atoms with Crippen LogP contribution in [0.15, 0.2) is 18.2 Å². The van der Waals surface area contributed by atoms with E-state index < -0.39 is 11.5 Å². The highest BCUT2D eigenvalue weighted by Crippen LogP contribution is 2.35. The Kier molecular flexibility index (Phi) is 3.41. The van der Waals surface area contributed by atoms with Crippen LogP contribution in [0.4, 0.5) is 0 Å². The van der Waals surface area contributed by atoms with Gasteiger partial charge in [-0.25, -0.2) is 4.68 Å². The lowest BCUT2D eigenvalue weighted by Crippen LogP contribution is -2.50. The number of carbonyl (C=O) groups is 1. The van der Waals surface area contributed by atoms with E-state index in [9.17, 15) is 9.90 Å². The molecule has 112 valence electrons.